The van der Waals surface area contributed by atoms with Gasteiger partial charge in [0.05, 0.1) is 28.4 Å². The number of benzene rings is 3. The summed E-state index contributed by atoms with van der Waals surface area (Å²) in [4.78, 5) is 0.756. The molecular formula is C18H15ClN2O6S2. The Morgan fingerprint density at radius 3 is 2.66 bits per heavy atom. The predicted molar refractivity (Wildman–Crippen MR) is 110 cm³/mol. The summed E-state index contributed by atoms with van der Waals surface area (Å²) in [5, 5.41) is 31.6. The highest BCUT2D eigenvalue weighted by Gasteiger charge is 2.14. The van der Waals surface area contributed by atoms with Crippen molar-refractivity contribution in [3.05, 3.63) is 54.6 Å². The van der Waals surface area contributed by atoms with Gasteiger partial charge in [-0.25, -0.2) is 13.7 Å². The molecule has 0 bridgehead atoms. The fourth-order valence-electron chi connectivity index (χ4n) is 2.54. The first-order chi connectivity index (χ1) is 13.9. The first kappa shape index (κ1) is 21.5. The summed E-state index contributed by atoms with van der Waals surface area (Å²) in [6.45, 7) is 0. The number of sulfone groups is 1. The van der Waals surface area contributed by atoms with Crippen LogP contribution in [0.5, 0.6) is 5.75 Å². The maximum atomic E-state index is 12.1. The van der Waals surface area contributed by atoms with E-state index in [1.807, 2.05) is 0 Å². The lowest BCUT2D eigenvalue weighted by Crippen LogP contribution is -2.07. The molecule has 0 heterocycles. The van der Waals surface area contributed by atoms with E-state index in [-0.39, 0.29) is 28.0 Å². The van der Waals surface area contributed by atoms with Gasteiger partial charge in [0.25, 0.3) is 0 Å². The van der Waals surface area contributed by atoms with E-state index < -0.39 is 9.84 Å². The lowest BCUT2D eigenvalue weighted by Gasteiger charge is -2.06. The molecule has 0 atom stereocenters. The van der Waals surface area contributed by atoms with E-state index in [0.29, 0.717) is 21.4 Å². The van der Waals surface area contributed by atoms with E-state index in [9.17, 15) is 13.5 Å². The molecule has 8 nitrogen and oxygen atoms in total. The van der Waals surface area contributed by atoms with Gasteiger partial charge in [-0.1, -0.05) is 17.2 Å². The van der Waals surface area contributed by atoms with Crippen LogP contribution in [0.4, 0.5) is 11.4 Å². The van der Waals surface area contributed by atoms with E-state index in [0.717, 1.165) is 12.0 Å². The summed E-state index contributed by atoms with van der Waals surface area (Å²) < 4.78 is 28.6. The Balaban J connectivity index is 1.88. The molecule has 0 unspecified atom stereocenters. The van der Waals surface area contributed by atoms with E-state index in [2.05, 4.69) is 19.6 Å². The Hall–Kier alpha value is -2.21. The summed E-state index contributed by atoms with van der Waals surface area (Å²) in [7, 11) is -3.48. The lowest BCUT2D eigenvalue weighted by molar-refractivity contribution is -0.432. The van der Waals surface area contributed by atoms with Crippen molar-refractivity contribution in [3.63, 3.8) is 0 Å². The molecule has 0 saturated carbocycles. The quantitative estimate of drug-likeness (QED) is 0.154. The van der Waals surface area contributed by atoms with Gasteiger partial charge < -0.3 is 5.11 Å². The van der Waals surface area contributed by atoms with Crippen molar-refractivity contribution in [3.8, 4) is 5.75 Å². The number of phenols is 1. The van der Waals surface area contributed by atoms with E-state index in [1.165, 1.54) is 12.1 Å². The third kappa shape index (κ3) is 5.24. The third-order valence-electron chi connectivity index (χ3n) is 3.90. The van der Waals surface area contributed by atoms with E-state index in [1.54, 1.807) is 42.5 Å². The van der Waals surface area contributed by atoms with Gasteiger partial charge in [0.1, 0.15) is 5.69 Å². The highest BCUT2D eigenvalue weighted by Crippen LogP contribution is 2.37. The zero-order chi connectivity index (χ0) is 20.9. The van der Waals surface area contributed by atoms with Crippen LogP contribution in [0.25, 0.3) is 10.8 Å². The van der Waals surface area contributed by atoms with Crippen LogP contribution in [-0.4, -0.2) is 30.4 Å². The number of halogens is 1. The Morgan fingerprint density at radius 2 is 1.90 bits per heavy atom. The van der Waals surface area contributed by atoms with Crippen LogP contribution in [0.15, 0.2) is 74.6 Å². The van der Waals surface area contributed by atoms with Crippen LogP contribution in [0, 0.1) is 0 Å². The molecule has 29 heavy (non-hydrogen) atoms. The summed E-state index contributed by atoms with van der Waals surface area (Å²) in [5.74, 6) is -0.248. The molecule has 0 amide bonds. The van der Waals surface area contributed by atoms with Crippen LogP contribution >= 0.6 is 23.6 Å². The molecule has 0 fully saturated rings. The Bertz CT molecular complexity index is 1150. The SMILES string of the molecule is O=S(=O)(CCCl)c1cccc(N=Nc2ccc3cc(SOOO)ccc3c2O)c1. The largest absolute Gasteiger partial charge is 0.505 e. The second-order valence-corrected chi connectivity index (χ2v) is 9.01. The Morgan fingerprint density at radius 1 is 1.07 bits per heavy atom. The maximum absolute atomic E-state index is 12.1. The molecule has 0 saturated heterocycles. The third-order valence-corrected chi connectivity index (χ3v) is 6.60. The highest BCUT2D eigenvalue weighted by molar-refractivity contribution is 7.94. The molecule has 0 spiro atoms. The number of aromatic hydroxyl groups is 1. The minimum absolute atomic E-state index is 0.00158. The van der Waals surface area contributed by atoms with Gasteiger partial charge in [-0.3, -0.25) is 0 Å². The second-order valence-electron chi connectivity index (χ2n) is 5.75. The fraction of sp³-hybridized carbons (Fsp3) is 0.111. The molecule has 3 rings (SSSR count). The minimum Gasteiger partial charge on any atom is -0.505 e. The molecule has 3 aromatic carbocycles. The predicted octanol–water partition coefficient (Wildman–Crippen LogP) is 5.40. The van der Waals surface area contributed by atoms with Gasteiger partial charge in [-0.15, -0.1) is 21.0 Å². The van der Waals surface area contributed by atoms with Crippen molar-refractivity contribution in [2.75, 3.05) is 11.6 Å². The van der Waals surface area contributed by atoms with E-state index >= 15 is 0 Å². The van der Waals surface area contributed by atoms with Crippen molar-refractivity contribution in [2.45, 2.75) is 9.79 Å². The standard InChI is InChI=1S/C18H15ClN2O6S2/c19-8-9-29(24,25)15-3-1-2-13(11-15)20-21-17-7-4-12-10-14(28-27-26-23)5-6-16(12)18(17)22/h1-7,10-11,22-23H,8-9H2. The molecule has 2 N–H and O–H groups in total. The summed E-state index contributed by atoms with van der Waals surface area (Å²) in [6.07, 6.45) is 0. The van der Waals surface area contributed by atoms with Crippen molar-refractivity contribution < 1.29 is 28.2 Å². The summed E-state index contributed by atoms with van der Waals surface area (Å²) in [5.41, 5.74) is 0.551. The number of azo groups is 1. The summed E-state index contributed by atoms with van der Waals surface area (Å²) >= 11 is 6.35. The number of hydrogen-bond acceptors (Lipinski definition) is 9. The van der Waals surface area contributed by atoms with Crippen LogP contribution in [0.1, 0.15) is 0 Å². The zero-order valence-electron chi connectivity index (χ0n) is 14.7. The lowest BCUT2D eigenvalue weighted by atomic mass is 10.1. The number of alkyl halides is 1. The Labute approximate surface area is 175 Å². The number of hydrogen-bond donors (Lipinski definition) is 2. The molecule has 0 aliphatic carbocycles. The van der Waals surface area contributed by atoms with Gasteiger partial charge in [0.15, 0.2) is 15.6 Å². The monoisotopic (exact) mass is 454 g/mol. The van der Waals surface area contributed by atoms with E-state index in [4.69, 9.17) is 16.9 Å². The minimum atomic E-state index is -3.48. The molecule has 0 aliphatic rings. The zero-order valence-corrected chi connectivity index (χ0v) is 17.1. The first-order valence-corrected chi connectivity index (χ1v) is 11.1. The molecule has 152 valence electrons. The molecule has 0 aromatic heterocycles. The number of fused-ring (bicyclic) bond motifs is 1. The molecule has 3 aromatic rings. The summed E-state index contributed by atoms with van der Waals surface area (Å²) in [6, 6.07) is 14.4. The van der Waals surface area contributed by atoms with Crippen molar-refractivity contribution in [1.82, 2.24) is 0 Å². The van der Waals surface area contributed by atoms with Crippen LogP contribution in [-0.2, 0) is 19.2 Å². The van der Waals surface area contributed by atoms with Crippen molar-refractivity contribution >= 4 is 55.6 Å². The highest BCUT2D eigenvalue weighted by atomic mass is 35.5. The molecule has 0 aliphatic heterocycles. The van der Waals surface area contributed by atoms with Gasteiger partial charge in [-0.05, 0) is 47.9 Å². The second kappa shape index (κ2) is 9.53. The molecule has 11 heteroatoms. The van der Waals surface area contributed by atoms with Crippen LogP contribution in [0.3, 0.4) is 0 Å². The van der Waals surface area contributed by atoms with Crippen LogP contribution in [0.2, 0.25) is 0 Å². The van der Waals surface area contributed by atoms with Crippen molar-refractivity contribution in [1.29, 1.82) is 0 Å². The van der Waals surface area contributed by atoms with Crippen LogP contribution < -0.4 is 0 Å². The topological polar surface area (TPSA) is 118 Å². The van der Waals surface area contributed by atoms with Gasteiger partial charge in [0.2, 0.25) is 0 Å². The fourth-order valence-corrected chi connectivity index (χ4v) is 4.58. The number of nitrogens with zero attached hydrogens (tertiary/aromatic N) is 2. The number of phenolic OH excluding ortho intramolecular Hbond substituents is 1. The first-order valence-electron chi connectivity index (χ1n) is 8.15. The van der Waals surface area contributed by atoms with Gasteiger partial charge in [-0.2, -0.15) is 5.11 Å². The smallest absolute Gasteiger partial charge is 0.179 e. The average molecular weight is 455 g/mol. The number of rotatable bonds is 8. The normalized spacial score (nSPS) is 12.1. The van der Waals surface area contributed by atoms with Gasteiger partial charge >= 0.3 is 0 Å². The van der Waals surface area contributed by atoms with Crippen molar-refractivity contribution in [2.24, 2.45) is 10.2 Å². The molecular weight excluding hydrogens is 440 g/mol. The van der Waals surface area contributed by atoms with Gasteiger partial charge in [0, 0.05) is 16.2 Å². The Kier molecular flexibility index (Phi) is 7.06. The maximum Gasteiger partial charge on any atom is 0.179 e. The molecule has 0 radical (unpaired) electrons. The average Bonchev–Trinajstić information content (AvgIpc) is 2.72.